The molecule has 2 aliphatic heterocycles. The molecule has 2 N–H and O–H groups in total. The quantitative estimate of drug-likeness (QED) is 0.273. The molecule has 0 spiro atoms. The summed E-state index contributed by atoms with van der Waals surface area (Å²) in [6.07, 6.45) is -9.36. The van der Waals surface area contributed by atoms with E-state index in [-0.39, 0.29) is 24.8 Å². The summed E-state index contributed by atoms with van der Waals surface area (Å²) >= 11 is 0. The number of allylic oxidation sites excluding steroid dienone is 1. The van der Waals surface area contributed by atoms with Crippen molar-refractivity contribution in [3.8, 4) is 5.75 Å². The molecule has 48 heavy (non-hydrogen) atoms. The summed E-state index contributed by atoms with van der Waals surface area (Å²) in [5, 5.41) is 12.6. The Labute approximate surface area is 274 Å². The van der Waals surface area contributed by atoms with Gasteiger partial charge in [-0.2, -0.15) is 26.3 Å². The molecule has 0 bridgehead atoms. The highest BCUT2D eigenvalue weighted by Crippen LogP contribution is 2.50. The maximum absolute atomic E-state index is 13.6. The lowest BCUT2D eigenvalue weighted by Crippen LogP contribution is -2.60. The second-order valence-corrected chi connectivity index (χ2v) is 12.5. The molecular weight excluding hydrogens is 646 g/mol. The molecule has 0 radical (unpaired) electrons. The Kier molecular flexibility index (Phi) is 9.88. The van der Waals surface area contributed by atoms with Gasteiger partial charge in [0.1, 0.15) is 17.8 Å². The van der Waals surface area contributed by atoms with Crippen LogP contribution in [0.2, 0.25) is 0 Å². The van der Waals surface area contributed by atoms with E-state index in [4.69, 9.17) is 4.74 Å². The van der Waals surface area contributed by atoms with Crippen molar-refractivity contribution >= 4 is 29.6 Å². The minimum absolute atomic E-state index is 0.00294. The van der Waals surface area contributed by atoms with Gasteiger partial charge in [-0.1, -0.05) is 30.4 Å². The zero-order valence-corrected chi connectivity index (χ0v) is 27.2. The number of hydrogen-bond donors (Lipinski definition) is 2. The number of anilines is 1. The largest absolute Gasteiger partial charge is 0.491 e. The highest BCUT2D eigenvalue weighted by Gasteiger charge is 2.71. The van der Waals surface area contributed by atoms with Crippen molar-refractivity contribution in [3.63, 3.8) is 0 Å². The van der Waals surface area contributed by atoms with E-state index < -0.39 is 65.5 Å². The van der Waals surface area contributed by atoms with Crippen LogP contribution in [0.15, 0.2) is 48.5 Å². The molecule has 0 saturated carbocycles. The van der Waals surface area contributed by atoms with E-state index in [1.54, 1.807) is 43.0 Å². The Morgan fingerprint density at radius 1 is 1.02 bits per heavy atom. The number of aliphatic hydroxyl groups is 1. The number of carbonyl (C=O) groups excluding carboxylic acids is 3. The van der Waals surface area contributed by atoms with Crippen LogP contribution < -0.4 is 15.0 Å². The van der Waals surface area contributed by atoms with Crippen LogP contribution in [0, 0.1) is 0 Å². The normalized spacial score (nSPS) is 22.6. The highest BCUT2D eigenvalue weighted by atomic mass is 19.4. The summed E-state index contributed by atoms with van der Waals surface area (Å²) in [5.41, 5.74) is -7.10. The van der Waals surface area contributed by atoms with E-state index in [2.05, 4.69) is 5.32 Å². The topological polar surface area (TPSA) is 102 Å². The van der Waals surface area contributed by atoms with Gasteiger partial charge in [0.2, 0.25) is 5.91 Å². The van der Waals surface area contributed by atoms with E-state index >= 15 is 0 Å². The van der Waals surface area contributed by atoms with Gasteiger partial charge >= 0.3 is 18.4 Å². The number of nitrogens with zero attached hydrogens (tertiary/aromatic N) is 3. The van der Waals surface area contributed by atoms with Gasteiger partial charge in [0, 0.05) is 36.4 Å². The fourth-order valence-corrected chi connectivity index (χ4v) is 6.05. The van der Waals surface area contributed by atoms with Crippen LogP contribution in [-0.2, 0) is 20.7 Å². The first-order valence-corrected chi connectivity index (χ1v) is 15.3. The maximum Gasteiger partial charge on any atom is 0.430 e. The predicted octanol–water partition coefficient (Wildman–Crippen LogP) is 5.71. The monoisotopic (exact) mass is 684 g/mol. The molecule has 262 valence electrons. The fourth-order valence-electron chi connectivity index (χ4n) is 6.05. The Balaban J connectivity index is 1.52. The molecule has 2 fully saturated rings. The first kappa shape index (κ1) is 36.6. The molecule has 15 heteroatoms. The molecular formula is C33H38F6N4O5. The van der Waals surface area contributed by atoms with Crippen LogP contribution in [0.3, 0.4) is 0 Å². The van der Waals surface area contributed by atoms with Gasteiger partial charge in [0.15, 0.2) is 0 Å². The Hall–Kier alpha value is -4.27. The van der Waals surface area contributed by atoms with Crippen molar-refractivity contribution < 1.29 is 50.6 Å². The van der Waals surface area contributed by atoms with Crippen LogP contribution >= 0.6 is 0 Å². The average molecular weight is 685 g/mol. The number of hydrogen-bond acceptors (Lipinski definition) is 6. The smallest absolute Gasteiger partial charge is 0.430 e. The van der Waals surface area contributed by atoms with Gasteiger partial charge in [0.25, 0.3) is 11.5 Å². The summed E-state index contributed by atoms with van der Waals surface area (Å²) in [7, 11) is 0. The lowest BCUT2D eigenvalue weighted by molar-refractivity contribution is -0.376. The zero-order chi connectivity index (χ0) is 36.0. The van der Waals surface area contributed by atoms with Crippen LogP contribution in [-0.4, -0.2) is 82.9 Å². The van der Waals surface area contributed by atoms with Crippen molar-refractivity contribution in [1.29, 1.82) is 0 Å². The molecule has 9 nitrogen and oxygen atoms in total. The maximum atomic E-state index is 13.6. The highest BCUT2D eigenvalue weighted by molar-refractivity contribution is 6.09. The number of alkyl halides is 6. The Bertz CT molecular complexity index is 1560. The number of urea groups is 1. The Morgan fingerprint density at radius 3 is 2.17 bits per heavy atom. The SMILES string of the molecule is C/C=C\c1cc(C(O)(C(F)(F)F)C(F)(F)F)ccc1N1CC(C)N(C(=O)CN2C(=O)N[C@@](C)(c3ccc(OC(C)C)cc3)C2=O)CC1C. The number of halogens is 6. The van der Waals surface area contributed by atoms with E-state index in [9.17, 15) is 45.8 Å². The first-order valence-electron chi connectivity index (χ1n) is 15.3. The van der Waals surface area contributed by atoms with Gasteiger partial charge in [-0.05, 0) is 76.9 Å². The number of benzene rings is 2. The molecule has 2 unspecified atom stereocenters. The molecule has 4 amide bonds. The number of nitrogens with one attached hydrogen (secondary N) is 1. The molecule has 2 heterocycles. The van der Waals surface area contributed by atoms with Gasteiger partial charge < -0.3 is 25.0 Å². The number of carbonyl (C=O) groups is 3. The minimum atomic E-state index is -6.04. The first-order chi connectivity index (χ1) is 22.1. The molecule has 3 atom stereocenters. The third-order valence-corrected chi connectivity index (χ3v) is 8.60. The summed E-state index contributed by atoms with van der Waals surface area (Å²) < 4.78 is 87.1. The van der Waals surface area contributed by atoms with Crippen LogP contribution in [0.5, 0.6) is 5.75 Å². The molecule has 2 saturated heterocycles. The zero-order valence-electron chi connectivity index (χ0n) is 27.2. The summed E-state index contributed by atoms with van der Waals surface area (Å²) in [5.74, 6) is -0.556. The second kappa shape index (κ2) is 13.0. The number of amides is 4. The van der Waals surface area contributed by atoms with Crippen LogP contribution in [0.1, 0.15) is 58.2 Å². The molecule has 4 rings (SSSR count). The van der Waals surface area contributed by atoms with Crippen molar-refractivity contribution in [1.82, 2.24) is 15.1 Å². The van der Waals surface area contributed by atoms with E-state index in [0.29, 0.717) is 29.1 Å². The Morgan fingerprint density at radius 2 is 1.62 bits per heavy atom. The van der Waals surface area contributed by atoms with Gasteiger partial charge in [-0.15, -0.1) is 0 Å². The van der Waals surface area contributed by atoms with Gasteiger partial charge in [0.05, 0.1) is 6.10 Å². The number of ether oxygens (including phenoxy) is 1. The molecule has 0 aliphatic carbocycles. The predicted molar refractivity (Wildman–Crippen MR) is 165 cm³/mol. The number of piperazine rings is 1. The van der Waals surface area contributed by atoms with E-state index in [0.717, 1.165) is 11.0 Å². The third-order valence-electron chi connectivity index (χ3n) is 8.60. The van der Waals surface area contributed by atoms with Crippen LogP contribution in [0.4, 0.5) is 36.8 Å². The van der Waals surface area contributed by atoms with Gasteiger partial charge in [-0.3, -0.25) is 14.5 Å². The lowest BCUT2D eigenvalue weighted by Gasteiger charge is -2.46. The van der Waals surface area contributed by atoms with Crippen LogP contribution in [0.25, 0.3) is 6.08 Å². The number of rotatable bonds is 8. The number of imide groups is 1. The van der Waals surface area contributed by atoms with Crippen molar-refractivity contribution in [2.75, 3.05) is 24.5 Å². The summed E-state index contributed by atoms with van der Waals surface area (Å²) in [4.78, 5) is 44.0. The van der Waals surface area contributed by atoms with Crippen molar-refractivity contribution in [3.05, 3.63) is 65.2 Å². The minimum Gasteiger partial charge on any atom is -0.491 e. The molecule has 0 aromatic heterocycles. The molecule has 2 aromatic carbocycles. The second-order valence-electron chi connectivity index (χ2n) is 12.5. The lowest BCUT2D eigenvalue weighted by atomic mass is 9.89. The third kappa shape index (κ3) is 6.56. The van der Waals surface area contributed by atoms with Crippen molar-refractivity contribution in [2.24, 2.45) is 0 Å². The van der Waals surface area contributed by atoms with Crippen molar-refractivity contribution in [2.45, 2.75) is 83.2 Å². The average Bonchev–Trinajstić information content (AvgIpc) is 3.20. The summed E-state index contributed by atoms with van der Waals surface area (Å²) in [6.45, 7) is 9.89. The van der Waals surface area contributed by atoms with E-state index in [1.165, 1.54) is 30.9 Å². The molecule has 2 aromatic rings. The summed E-state index contributed by atoms with van der Waals surface area (Å²) in [6, 6.07) is 7.25. The molecule has 2 aliphatic rings. The van der Waals surface area contributed by atoms with E-state index in [1.807, 2.05) is 13.8 Å². The standard InChI is InChI=1S/C33H38F6N4O5/c1-7-8-22-15-24(31(47,32(34,35)36)33(37,38)39)11-14-26(22)41-16-21(5)42(17-20(41)4)27(44)18-43-28(45)30(6,40-29(43)46)23-9-12-25(13-10-23)48-19(2)3/h7-15,19-21,47H,16-18H2,1-6H3,(H,40,46)/b8-7-/t20?,21?,30-/m0/s1. The van der Waals surface area contributed by atoms with Gasteiger partial charge in [-0.25, -0.2) is 4.79 Å². The fraction of sp³-hybridized carbons (Fsp3) is 0.485.